The molecule has 0 atom stereocenters. The number of sulfonamides is 1. The van der Waals surface area contributed by atoms with Crippen LogP contribution in [0.1, 0.15) is 13.8 Å². The second-order valence-electron chi connectivity index (χ2n) is 5.14. The normalized spacial score (nSPS) is 12.2. The SMILES string of the molecule is CN(CC(C)(C)CN)C(=O)CN(C)S(C)(=O)=O.Cl. The zero-order chi connectivity index (χ0) is 13.9. The van der Waals surface area contributed by atoms with Gasteiger partial charge in [0.2, 0.25) is 15.9 Å². The molecule has 0 fully saturated rings. The van der Waals surface area contributed by atoms with Gasteiger partial charge in [0.05, 0.1) is 12.8 Å². The number of hydrogen-bond donors (Lipinski definition) is 1. The van der Waals surface area contributed by atoms with Crippen molar-refractivity contribution in [2.24, 2.45) is 11.1 Å². The van der Waals surface area contributed by atoms with Gasteiger partial charge in [-0.1, -0.05) is 13.8 Å². The molecule has 8 heteroatoms. The maximum Gasteiger partial charge on any atom is 0.237 e. The van der Waals surface area contributed by atoms with Gasteiger partial charge >= 0.3 is 0 Å². The molecular weight excluding hydrogens is 278 g/mol. The maximum atomic E-state index is 11.8. The fraction of sp³-hybridized carbons (Fsp3) is 0.900. The third kappa shape index (κ3) is 7.15. The van der Waals surface area contributed by atoms with Gasteiger partial charge < -0.3 is 10.6 Å². The molecule has 0 saturated carbocycles. The number of rotatable bonds is 6. The summed E-state index contributed by atoms with van der Waals surface area (Å²) in [7, 11) is -0.287. The van der Waals surface area contributed by atoms with Crippen LogP contribution in [0.5, 0.6) is 0 Å². The van der Waals surface area contributed by atoms with Gasteiger partial charge in [0, 0.05) is 20.6 Å². The zero-order valence-electron chi connectivity index (χ0n) is 11.6. The lowest BCUT2D eigenvalue weighted by atomic mass is 9.93. The molecule has 0 heterocycles. The van der Waals surface area contributed by atoms with Crippen LogP contribution in [-0.2, 0) is 14.8 Å². The Morgan fingerprint density at radius 3 is 2.06 bits per heavy atom. The summed E-state index contributed by atoms with van der Waals surface area (Å²) in [4.78, 5) is 13.3. The highest BCUT2D eigenvalue weighted by atomic mass is 35.5. The standard InChI is InChI=1S/C10H23N3O3S.ClH/c1-10(2,7-11)8-12(3)9(14)6-13(4)17(5,15)16;/h6-8,11H2,1-5H3;1H. The number of nitrogens with zero attached hydrogens (tertiary/aromatic N) is 2. The topological polar surface area (TPSA) is 83.7 Å². The minimum atomic E-state index is -3.32. The molecule has 1 amide bonds. The summed E-state index contributed by atoms with van der Waals surface area (Å²) in [6.07, 6.45) is 1.07. The molecule has 0 unspecified atom stereocenters. The molecule has 0 aromatic rings. The molecule has 110 valence electrons. The van der Waals surface area contributed by atoms with Crippen LogP contribution in [-0.4, -0.2) is 63.5 Å². The van der Waals surface area contributed by atoms with E-state index < -0.39 is 10.0 Å². The van der Waals surface area contributed by atoms with E-state index in [9.17, 15) is 13.2 Å². The number of halogens is 1. The number of likely N-dealkylation sites (N-methyl/N-ethyl adjacent to an activating group) is 2. The molecule has 0 bridgehead atoms. The van der Waals surface area contributed by atoms with E-state index >= 15 is 0 Å². The van der Waals surface area contributed by atoms with Crippen LogP contribution >= 0.6 is 12.4 Å². The van der Waals surface area contributed by atoms with Gasteiger partial charge in [-0.15, -0.1) is 12.4 Å². The first-order valence-electron chi connectivity index (χ1n) is 5.35. The van der Waals surface area contributed by atoms with Crippen molar-refractivity contribution in [2.75, 3.05) is 40.0 Å². The molecule has 0 spiro atoms. The Bertz CT molecular complexity index is 371. The summed E-state index contributed by atoms with van der Waals surface area (Å²) in [5, 5.41) is 0. The van der Waals surface area contributed by atoms with Crippen molar-refractivity contribution in [1.82, 2.24) is 9.21 Å². The van der Waals surface area contributed by atoms with Crippen molar-refractivity contribution in [3.05, 3.63) is 0 Å². The highest BCUT2D eigenvalue weighted by molar-refractivity contribution is 7.88. The predicted molar refractivity (Wildman–Crippen MR) is 75.2 cm³/mol. The van der Waals surface area contributed by atoms with Gasteiger partial charge in [-0.05, 0) is 12.0 Å². The molecule has 2 N–H and O–H groups in total. The van der Waals surface area contributed by atoms with Gasteiger partial charge in [-0.3, -0.25) is 4.79 Å². The minimum Gasteiger partial charge on any atom is -0.344 e. The molecule has 0 aromatic carbocycles. The fourth-order valence-electron chi connectivity index (χ4n) is 1.22. The van der Waals surface area contributed by atoms with Crippen molar-refractivity contribution in [3.63, 3.8) is 0 Å². The van der Waals surface area contributed by atoms with Gasteiger partial charge in [-0.2, -0.15) is 4.31 Å². The second-order valence-corrected chi connectivity index (χ2v) is 7.23. The molecule has 0 saturated heterocycles. The molecule has 0 rings (SSSR count). The van der Waals surface area contributed by atoms with Crippen LogP contribution < -0.4 is 5.73 Å². The average molecular weight is 302 g/mol. The number of hydrogen-bond acceptors (Lipinski definition) is 4. The molecule has 0 aliphatic heterocycles. The van der Waals surface area contributed by atoms with E-state index in [4.69, 9.17) is 5.73 Å². The molecular formula is C10H24ClN3O3S. The van der Waals surface area contributed by atoms with E-state index in [2.05, 4.69) is 0 Å². The molecule has 18 heavy (non-hydrogen) atoms. The zero-order valence-corrected chi connectivity index (χ0v) is 13.3. The predicted octanol–water partition coefficient (Wildman–Crippen LogP) is -0.257. The number of amides is 1. The Morgan fingerprint density at radius 2 is 1.72 bits per heavy atom. The van der Waals surface area contributed by atoms with E-state index in [-0.39, 0.29) is 30.3 Å². The largest absolute Gasteiger partial charge is 0.344 e. The Kier molecular flexibility index (Phi) is 8.07. The first-order chi connectivity index (χ1) is 7.49. The van der Waals surface area contributed by atoms with Gasteiger partial charge in [0.25, 0.3) is 0 Å². The molecule has 6 nitrogen and oxygen atoms in total. The lowest BCUT2D eigenvalue weighted by molar-refractivity contribution is -0.131. The van der Waals surface area contributed by atoms with Crippen molar-refractivity contribution >= 4 is 28.3 Å². The Labute approximate surface area is 116 Å². The number of carbonyl (C=O) groups is 1. The van der Waals surface area contributed by atoms with E-state index in [0.29, 0.717) is 13.1 Å². The van der Waals surface area contributed by atoms with E-state index in [1.165, 1.54) is 11.9 Å². The minimum absolute atomic E-state index is 0. The summed E-state index contributed by atoms with van der Waals surface area (Å²) in [5.74, 6) is -0.237. The summed E-state index contributed by atoms with van der Waals surface area (Å²) >= 11 is 0. The number of carbonyl (C=O) groups excluding carboxylic acids is 1. The smallest absolute Gasteiger partial charge is 0.237 e. The van der Waals surface area contributed by atoms with Crippen LogP contribution in [0.2, 0.25) is 0 Å². The van der Waals surface area contributed by atoms with Crippen LogP contribution in [0.3, 0.4) is 0 Å². The third-order valence-corrected chi connectivity index (χ3v) is 3.83. The molecule has 0 radical (unpaired) electrons. The maximum absolute atomic E-state index is 11.8. The van der Waals surface area contributed by atoms with Gasteiger partial charge in [-0.25, -0.2) is 8.42 Å². The Hall–Kier alpha value is -0.370. The molecule has 0 aliphatic rings. The molecule has 0 aliphatic carbocycles. The Morgan fingerprint density at radius 1 is 1.28 bits per heavy atom. The monoisotopic (exact) mass is 301 g/mol. The molecule has 0 aromatic heterocycles. The van der Waals surface area contributed by atoms with Crippen LogP contribution in [0.4, 0.5) is 0 Å². The van der Waals surface area contributed by atoms with E-state index in [0.717, 1.165) is 10.6 Å². The summed E-state index contributed by atoms with van der Waals surface area (Å²) in [6, 6.07) is 0. The van der Waals surface area contributed by atoms with Crippen molar-refractivity contribution in [2.45, 2.75) is 13.8 Å². The third-order valence-electron chi connectivity index (χ3n) is 2.57. The first kappa shape index (κ1) is 20.0. The van der Waals surface area contributed by atoms with Gasteiger partial charge in [0.15, 0.2) is 0 Å². The highest BCUT2D eigenvalue weighted by Gasteiger charge is 2.23. The van der Waals surface area contributed by atoms with Crippen molar-refractivity contribution in [1.29, 1.82) is 0 Å². The summed E-state index contributed by atoms with van der Waals surface area (Å²) < 4.78 is 23.4. The lowest BCUT2D eigenvalue weighted by Gasteiger charge is -2.29. The van der Waals surface area contributed by atoms with E-state index in [1.54, 1.807) is 7.05 Å². The quantitative estimate of drug-likeness (QED) is 0.733. The summed E-state index contributed by atoms with van der Waals surface area (Å²) in [5.41, 5.74) is 5.41. The van der Waals surface area contributed by atoms with Crippen LogP contribution in [0, 0.1) is 5.41 Å². The van der Waals surface area contributed by atoms with Gasteiger partial charge in [0.1, 0.15) is 0 Å². The second kappa shape index (κ2) is 7.28. The van der Waals surface area contributed by atoms with Crippen LogP contribution in [0.25, 0.3) is 0 Å². The van der Waals surface area contributed by atoms with E-state index in [1.807, 2.05) is 13.8 Å². The first-order valence-corrected chi connectivity index (χ1v) is 7.20. The fourth-order valence-corrected chi connectivity index (χ4v) is 1.57. The Balaban J connectivity index is 0. The lowest BCUT2D eigenvalue weighted by Crippen LogP contribution is -2.44. The number of nitrogens with two attached hydrogens (primary N) is 1. The van der Waals surface area contributed by atoms with Crippen LogP contribution in [0.15, 0.2) is 0 Å². The average Bonchev–Trinajstić information content (AvgIpc) is 2.15. The highest BCUT2D eigenvalue weighted by Crippen LogP contribution is 2.14. The van der Waals surface area contributed by atoms with Crippen molar-refractivity contribution < 1.29 is 13.2 Å². The van der Waals surface area contributed by atoms with Crippen molar-refractivity contribution in [3.8, 4) is 0 Å². The summed E-state index contributed by atoms with van der Waals surface area (Å²) in [6.45, 7) is 4.73.